The average molecular weight is 294 g/mol. The number of carbonyl (C=O) groups excluding carboxylic acids is 1. The van der Waals surface area contributed by atoms with Gasteiger partial charge >= 0.3 is 5.97 Å². The summed E-state index contributed by atoms with van der Waals surface area (Å²) in [5, 5.41) is 2.04. The minimum absolute atomic E-state index is 0.309. The van der Waals surface area contributed by atoms with E-state index in [0.29, 0.717) is 11.2 Å². The van der Waals surface area contributed by atoms with E-state index in [0.717, 1.165) is 10.7 Å². The van der Waals surface area contributed by atoms with Gasteiger partial charge in [0.1, 0.15) is 12.4 Å². The van der Waals surface area contributed by atoms with Gasteiger partial charge in [-0.15, -0.1) is 23.5 Å². The van der Waals surface area contributed by atoms with E-state index < -0.39 is 0 Å². The van der Waals surface area contributed by atoms with E-state index >= 15 is 0 Å². The predicted molar refractivity (Wildman–Crippen MR) is 80.2 cm³/mol. The molecule has 1 aliphatic rings. The van der Waals surface area contributed by atoms with Gasteiger partial charge in [0.25, 0.3) is 0 Å². The maximum Gasteiger partial charge on any atom is 0.330 e. The Labute approximate surface area is 121 Å². The minimum Gasteiger partial charge on any atom is -0.497 e. The van der Waals surface area contributed by atoms with Crippen LogP contribution in [0.5, 0.6) is 5.75 Å². The quantitative estimate of drug-likeness (QED) is 0.610. The number of ether oxygens (including phenoxy) is 2. The van der Waals surface area contributed by atoms with Crippen LogP contribution in [0.2, 0.25) is 0 Å². The van der Waals surface area contributed by atoms with E-state index in [1.165, 1.54) is 11.6 Å². The molecule has 0 fully saturated rings. The first kappa shape index (κ1) is 14.1. The van der Waals surface area contributed by atoms with E-state index in [9.17, 15) is 4.79 Å². The molecule has 1 aromatic carbocycles. The Hall–Kier alpha value is -1.33. The minimum atomic E-state index is -0.389. The molecule has 0 spiro atoms. The van der Waals surface area contributed by atoms with E-state index in [2.05, 4.69) is 18.7 Å². The van der Waals surface area contributed by atoms with Gasteiger partial charge in [0.2, 0.25) is 0 Å². The summed E-state index contributed by atoms with van der Waals surface area (Å²) in [5.74, 6) is 0.462. The number of hydrogen-bond acceptors (Lipinski definition) is 5. The Bertz CT molecular complexity index is 494. The molecule has 1 aromatic rings. The molecule has 0 saturated heterocycles. The normalized spacial score (nSPS) is 17.7. The van der Waals surface area contributed by atoms with Gasteiger partial charge in [0, 0.05) is 11.0 Å². The summed E-state index contributed by atoms with van der Waals surface area (Å²) >= 11 is 3.42. The first-order chi connectivity index (χ1) is 9.22. The molecule has 1 heterocycles. The molecule has 19 heavy (non-hydrogen) atoms. The SMILES string of the molecule is C=CC(=O)OCC1=CSC(c2ccc(OC)cc2)S1. The summed E-state index contributed by atoms with van der Waals surface area (Å²) in [5.41, 5.74) is 1.22. The van der Waals surface area contributed by atoms with Crippen LogP contribution in [0.15, 0.2) is 47.2 Å². The van der Waals surface area contributed by atoms with Crippen molar-refractivity contribution in [2.75, 3.05) is 13.7 Å². The lowest BCUT2D eigenvalue weighted by molar-refractivity contribution is -0.136. The first-order valence-electron chi connectivity index (χ1n) is 5.67. The van der Waals surface area contributed by atoms with Gasteiger partial charge in [-0.2, -0.15) is 0 Å². The molecule has 0 amide bonds. The Morgan fingerprint density at radius 2 is 2.16 bits per heavy atom. The molecule has 5 heteroatoms. The number of hydrogen-bond donors (Lipinski definition) is 0. The topological polar surface area (TPSA) is 35.5 Å². The molecule has 1 aliphatic heterocycles. The van der Waals surface area contributed by atoms with Crippen molar-refractivity contribution in [3.05, 3.63) is 52.8 Å². The second kappa shape index (κ2) is 6.73. The average Bonchev–Trinajstić information content (AvgIpc) is 2.93. The van der Waals surface area contributed by atoms with Crippen LogP contribution in [0, 0.1) is 0 Å². The molecular formula is C14H14O3S2. The van der Waals surface area contributed by atoms with Crippen LogP contribution in [0.4, 0.5) is 0 Å². The van der Waals surface area contributed by atoms with Crippen LogP contribution in [-0.2, 0) is 9.53 Å². The third-order valence-corrected chi connectivity index (χ3v) is 5.23. The Balaban J connectivity index is 1.88. The van der Waals surface area contributed by atoms with Crippen LogP contribution in [-0.4, -0.2) is 19.7 Å². The van der Waals surface area contributed by atoms with Gasteiger partial charge in [0.15, 0.2) is 0 Å². The number of methoxy groups -OCH3 is 1. The van der Waals surface area contributed by atoms with Gasteiger partial charge in [-0.3, -0.25) is 0 Å². The Morgan fingerprint density at radius 1 is 1.42 bits per heavy atom. The first-order valence-corrected chi connectivity index (χ1v) is 7.49. The highest BCUT2D eigenvalue weighted by Gasteiger charge is 2.21. The van der Waals surface area contributed by atoms with E-state index in [1.54, 1.807) is 30.6 Å². The van der Waals surface area contributed by atoms with Gasteiger partial charge in [-0.05, 0) is 23.1 Å². The summed E-state index contributed by atoms with van der Waals surface area (Å²) < 4.78 is 10.5. The zero-order chi connectivity index (χ0) is 13.7. The fraction of sp³-hybridized carbons (Fsp3) is 0.214. The van der Waals surface area contributed by atoms with E-state index in [-0.39, 0.29) is 5.97 Å². The van der Waals surface area contributed by atoms with Crippen molar-refractivity contribution < 1.29 is 14.3 Å². The van der Waals surface area contributed by atoms with Gasteiger partial charge < -0.3 is 9.47 Å². The second-order valence-corrected chi connectivity index (χ2v) is 6.26. The fourth-order valence-corrected chi connectivity index (χ4v) is 4.01. The zero-order valence-corrected chi connectivity index (χ0v) is 12.1. The highest BCUT2D eigenvalue weighted by atomic mass is 32.2. The lowest BCUT2D eigenvalue weighted by atomic mass is 10.2. The monoisotopic (exact) mass is 294 g/mol. The lowest BCUT2D eigenvalue weighted by Crippen LogP contribution is -2.02. The molecule has 0 radical (unpaired) electrons. The number of thioether (sulfide) groups is 2. The number of benzene rings is 1. The summed E-state index contributed by atoms with van der Waals surface area (Å²) in [6.07, 6.45) is 1.17. The largest absolute Gasteiger partial charge is 0.497 e. The van der Waals surface area contributed by atoms with Crippen molar-refractivity contribution in [3.8, 4) is 5.75 Å². The number of carbonyl (C=O) groups is 1. The van der Waals surface area contributed by atoms with Crippen LogP contribution in [0.1, 0.15) is 10.1 Å². The highest BCUT2D eigenvalue weighted by molar-refractivity contribution is 8.22. The summed E-state index contributed by atoms with van der Waals surface area (Å²) in [6.45, 7) is 3.68. The van der Waals surface area contributed by atoms with Gasteiger partial charge in [-0.25, -0.2) is 4.79 Å². The third kappa shape index (κ3) is 3.81. The van der Waals surface area contributed by atoms with Crippen molar-refractivity contribution in [2.45, 2.75) is 4.58 Å². The highest BCUT2D eigenvalue weighted by Crippen LogP contribution is 2.50. The van der Waals surface area contributed by atoms with Crippen molar-refractivity contribution in [1.82, 2.24) is 0 Å². The second-order valence-electron chi connectivity index (χ2n) is 3.76. The van der Waals surface area contributed by atoms with Crippen molar-refractivity contribution in [3.63, 3.8) is 0 Å². The fourth-order valence-electron chi connectivity index (χ4n) is 1.51. The smallest absolute Gasteiger partial charge is 0.330 e. The molecule has 0 N–H and O–H groups in total. The molecule has 3 nitrogen and oxygen atoms in total. The number of rotatable bonds is 5. The molecule has 1 unspecified atom stereocenters. The van der Waals surface area contributed by atoms with Gasteiger partial charge in [-0.1, -0.05) is 18.7 Å². The van der Waals surface area contributed by atoms with Crippen molar-refractivity contribution in [2.24, 2.45) is 0 Å². The molecule has 0 aromatic heterocycles. The molecule has 1 atom stereocenters. The standard InChI is InChI=1S/C14H14O3S2/c1-3-13(15)17-8-12-9-18-14(19-12)10-4-6-11(16-2)7-5-10/h3-7,9,14H,1,8H2,2H3. The Morgan fingerprint density at radius 3 is 2.79 bits per heavy atom. The predicted octanol–water partition coefficient (Wildman–Crippen LogP) is 3.74. The lowest BCUT2D eigenvalue weighted by Gasteiger charge is -2.10. The molecule has 2 rings (SSSR count). The number of esters is 1. The van der Waals surface area contributed by atoms with E-state index in [1.807, 2.05) is 17.5 Å². The maximum atomic E-state index is 11.0. The maximum absolute atomic E-state index is 11.0. The molecule has 0 bridgehead atoms. The summed E-state index contributed by atoms with van der Waals surface area (Å²) in [6, 6.07) is 8.00. The molecule has 100 valence electrons. The van der Waals surface area contributed by atoms with Gasteiger partial charge in [0.05, 0.1) is 11.7 Å². The Kier molecular flexibility index (Phi) is 4.99. The van der Waals surface area contributed by atoms with Crippen molar-refractivity contribution >= 4 is 29.5 Å². The van der Waals surface area contributed by atoms with Crippen LogP contribution < -0.4 is 4.74 Å². The van der Waals surface area contributed by atoms with E-state index in [4.69, 9.17) is 9.47 Å². The van der Waals surface area contributed by atoms with Crippen LogP contribution >= 0.6 is 23.5 Å². The van der Waals surface area contributed by atoms with Crippen LogP contribution in [0.3, 0.4) is 0 Å². The molecule has 0 saturated carbocycles. The summed E-state index contributed by atoms with van der Waals surface area (Å²) in [7, 11) is 1.65. The molecule has 0 aliphatic carbocycles. The zero-order valence-electron chi connectivity index (χ0n) is 10.5. The third-order valence-electron chi connectivity index (χ3n) is 2.49. The van der Waals surface area contributed by atoms with Crippen molar-refractivity contribution in [1.29, 1.82) is 0 Å². The van der Waals surface area contributed by atoms with Crippen LogP contribution in [0.25, 0.3) is 0 Å². The summed E-state index contributed by atoms with van der Waals surface area (Å²) in [4.78, 5) is 12.0. The molecular weight excluding hydrogens is 280 g/mol.